The van der Waals surface area contributed by atoms with Gasteiger partial charge >= 0.3 is 0 Å². The van der Waals surface area contributed by atoms with Gasteiger partial charge in [-0.25, -0.2) is 0 Å². The molecule has 1 heterocycles. The van der Waals surface area contributed by atoms with Crippen molar-refractivity contribution in [3.8, 4) is 0 Å². The van der Waals surface area contributed by atoms with Gasteiger partial charge in [-0.3, -0.25) is 9.59 Å². The molecule has 6 heteroatoms. The molecular weight excluding hydrogens is 324 g/mol. The highest BCUT2D eigenvalue weighted by molar-refractivity contribution is 7.98. The maximum atomic E-state index is 12.1. The number of amides is 2. The van der Waals surface area contributed by atoms with Gasteiger partial charge in [0.2, 0.25) is 11.8 Å². The quantitative estimate of drug-likeness (QED) is 0.644. The standard InChI is InChI=1S/C18H20N2O3S/c1-13-8-9-14(23-13)10-11-18(22)20(2)12-17(21)19-15-6-4-5-7-16(15)24-3/h4-11H,12H2,1-3H3,(H,19,21). The Morgan fingerprint density at radius 1 is 1.25 bits per heavy atom. The van der Waals surface area contributed by atoms with E-state index in [1.165, 1.54) is 11.0 Å². The van der Waals surface area contributed by atoms with Gasteiger partial charge in [-0.1, -0.05) is 12.1 Å². The molecule has 1 aromatic carbocycles. The molecule has 0 atom stereocenters. The van der Waals surface area contributed by atoms with Crippen LogP contribution in [-0.2, 0) is 9.59 Å². The fraction of sp³-hybridized carbons (Fsp3) is 0.222. The molecule has 0 saturated carbocycles. The molecule has 0 aliphatic heterocycles. The number of hydrogen-bond donors (Lipinski definition) is 1. The fourth-order valence-electron chi connectivity index (χ4n) is 2.05. The van der Waals surface area contributed by atoms with E-state index in [-0.39, 0.29) is 18.4 Å². The monoisotopic (exact) mass is 344 g/mol. The summed E-state index contributed by atoms with van der Waals surface area (Å²) in [7, 11) is 1.58. The summed E-state index contributed by atoms with van der Waals surface area (Å²) < 4.78 is 5.36. The van der Waals surface area contributed by atoms with Crippen LogP contribution in [0, 0.1) is 6.92 Å². The molecule has 0 bridgehead atoms. The topological polar surface area (TPSA) is 62.6 Å². The smallest absolute Gasteiger partial charge is 0.246 e. The SMILES string of the molecule is CSc1ccccc1NC(=O)CN(C)C(=O)C=Cc1ccc(C)o1. The van der Waals surface area contributed by atoms with Gasteiger partial charge in [-0.2, -0.15) is 0 Å². The van der Waals surface area contributed by atoms with Gasteiger partial charge in [0.05, 0.1) is 12.2 Å². The minimum absolute atomic E-state index is 0.0247. The lowest BCUT2D eigenvalue weighted by molar-refractivity contribution is -0.129. The van der Waals surface area contributed by atoms with Gasteiger partial charge in [0.1, 0.15) is 11.5 Å². The first-order valence-corrected chi connectivity index (χ1v) is 8.64. The maximum Gasteiger partial charge on any atom is 0.246 e. The van der Waals surface area contributed by atoms with Crippen LogP contribution in [0.4, 0.5) is 5.69 Å². The van der Waals surface area contributed by atoms with Crippen LogP contribution in [0.15, 0.2) is 51.8 Å². The van der Waals surface area contributed by atoms with E-state index in [0.29, 0.717) is 5.76 Å². The first kappa shape index (κ1) is 17.9. The Hall–Kier alpha value is -2.47. The van der Waals surface area contributed by atoms with Crippen molar-refractivity contribution < 1.29 is 14.0 Å². The van der Waals surface area contributed by atoms with E-state index in [0.717, 1.165) is 16.3 Å². The molecule has 0 aliphatic rings. The van der Waals surface area contributed by atoms with Gasteiger partial charge in [-0.15, -0.1) is 11.8 Å². The average molecular weight is 344 g/mol. The molecule has 2 amide bonds. The number of furan rings is 1. The third-order valence-corrected chi connectivity index (χ3v) is 4.09. The van der Waals surface area contributed by atoms with Crippen molar-refractivity contribution >= 4 is 35.3 Å². The highest BCUT2D eigenvalue weighted by atomic mass is 32.2. The fourth-order valence-corrected chi connectivity index (χ4v) is 2.61. The summed E-state index contributed by atoms with van der Waals surface area (Å²) in [6.07, 6.45) is 4.93. The van der Waals surface area contributed by atoms with Crippen LogP contribution in [-0.4, -0.2) is 36.6 Å². The maximum absolute atomic E-state index is 12.1. The lowest BCUT2D eigenvalue weighted by Gasteiger charge is -2.15. The van der Waals surface area contributed by atoms with Crippen LogP contribution in [0.3, 0.4) is 0 Å². The number of nitrogens with zero attached hydrogens (tertiary/aromatic N) is 1. The molecule has 0 radical (unpaired) electrons. The summed E-state index contributed by atoms with van der Waals surface area (Å²) in [6, 6.07) is 11.2. The molecule has 2 rings (SSSR count). The van der Waals surface area contributed by atoms with Gasteiger partial charge < -0.3 is 14.6 Å². The Morgan fingerprint density at radius 2 is 2.00 bits per heavy atom. The van der Waals surface area contributed by atoms with Gasteiger partial charge in [0.15, 0.2) is 0 Å². The van der Waals surface area contributed by atoms with Crippen molar-refractivity contribution in [2.45, 2.75) is 11.8 Å². The lowest BCUT2D eigenvalue weighted by Crippen LogP contribution is -2.33. The summed E-state index contributed by atoms with van der Waals surface area (Å²) in [5.74, 6) is 0.877. The van der Waals surface area contributed by atoms with E-state index in [1.54, 1.807) is 31.0 Å². The number of benzene rings is 1. The number of para-hydroxylation sites is 1. The zero-order valence-electron chi connectivity index (χ0n) is 13.9. The molecule has 1 N–H and O–H groups in total. The number of carbonyl (C=O) groups is 2. The Labute approximate surface area is 145 Å². The highest BCUT2D eigenvalue weighted by Gasteiger charge is 2.12. The van der Waals surface area contributed by atoms with Crippen molar-refractivity contribution in [3.05, 3.63) is 54.0 Å². The Kier molecular flexibility index (Phi) is 6.26. The van der Waals surface area contributed by atoms with Gasteiger partial charge in [0, 0.05) is 18.0 Å². The number of rotatable bonds is 6. The molecular formula is C18H20N2O3S. The number of anilines is 1. The van der Waals surface area contributed by atoms with Crippen LogP contribution >= 0.6 is 11.8 Å². The molecule has 0 saturated heterocycles. The predicted octanol–water partition coefficient (Wildman–Crippen LogP) is 3.42. The van der Waals surface area contributed by atoms with E-state index >= 15 is 0 Å². The molecule has 0 spiro atoms. The largest absolute Gasteiger partial charge is 0.462 e. The predicted molar refractivity (Wildman–Crippen MR) is 97.0 cm³/mol. The molecule has 0 fully saturated rings. The van der Waals surface area contributed by atoms with Crippen molar-refractivity contribution in [1.29, 1.82) is 0 Å². The number of nitrogens with one attached hydrogen (secondary N) is 1. The number of likely N-dealkylation sites (N-methyl/N-ethyl adjacent to an activating group) is 1. The van der Waals surface area contributed by atoms with Gasteiger partial charge in [-0.05, 0) is 43.5 Å². The van der Waals surface area contributed by atoms with Crippen LogP contribution < -0.4 is 5.32 Å². The third-order valence-electron chi connectivity index (χ3n) is 3.29. The third kappa shape index (κ3) is 5.03. The number of thioether (sulfide) groups is 1. The van der Waals surface area contributed by atoms with Crippen molar-refractivity contribution in [1.82, 2.24) is 4.90 Å². The van der Waals surface area contributed by atoms with Crippen LogP contribution in [0.25, 0.3) is 6.08 Å². The Bertz CT molecular complexity index is 752. The zero-order valence-corrected chi connectivity index (χ0v) is 14.7. The second-order valence-electron chi connectivity index (χ2n) is 5.22. The lowest BCUT2D eigenvalue weighted by atomic mass is 10.3. The molecule has 24 heavy (non-hydrogen) atoms. The molecule has 5 nitrogen and oxygen atoms in total. The Morgan fingerprint density at radius 3 is 2.67 bits per heavy atom. The van der Waals surface area contributed by atoms with E-state index in [1.807, 2.05) is 43.5 Å². The summed E-state index contributed by atoms with van der Waals surface area (Å²) in [4.78, 5) is 26.5. The molecule has 2 aromatic rings. The first-order valence-electron chi connectivity index (χ1n) is 7.42. The minimum atomic E-state index is -0.266. The van der Waals surface area contributed by atoms with Gasteiger partial charge in [0.25, 0.3) is 0 Å². The van der Waals surface area contributed by atoms with Crippen molar-refractivity contribution in [2.24, 2.45) is 0 Å². The minimum Gasteiger partial charge on any atom is -0.462 e. The van der Waals surface area contributed by atoms with E-state index in [4.69, 9.17) is 4.42 Å². The van der Waals surface area contributed by atoms with E-state index in [2.05, 4.69) is 5.32 Å². The van der Waals surface area contributed by atoms with Crippen LogP contribution in [0.5, 0.6) is 0 Å². The Balaban J connectivity index is 1.91. The van der Waals surface area contributed by atoms with Crippen LogP contribution in [0.1, 0.15) is 11.5 Å². The number of aryl methyl sites for hydroxylation is 1. The van der Waals surface area contributed by atoms with Crippen LogP contribution in [0.2, 0.25) is 0 Å². The summed E-state index contributed by atoms with van der Waals surface area (Å²) >= 11 is 1.55. The second-order valence-corrected chi connectivity index (χ2v) is 6.07. The molecule has 0 unspecified atom stereocenters. The highest BCUT2D eigenvalue weighted by Crippen LogP contribution is 2.24. The number of hydrogen-bond acceptors (Lipinski definition) is 4. The summed E-state index contributed by atoms with van der Waals surface area (Å²) in [5.41, 5.74) is 0.748. The van der Waals surface area contributed by atoms with E-state index in [9.17, 15) is 9.59 Å². The molecule has 126 valence electrons. The van der Waals surface area contributed by atoms with E-state index < -0.39 is 0 Å². The number of carbonyl (C=O) groups excluding carboxylic acids is 2. The molecule has 0 aliphatic carbocycles. The second kappa shape index (κ2) is 8.40. The zero-order chi connectivity index (χ0) is 17.5. The molecule has 1 aromatic heterocycles. The van der Waals surface area contributed by atoms with Crippen molar-refractivity contribution in [3.63, 3.8) is 0 Å². The average Bonchev–Trinajstić information content (AvgIpc) is 2.98. The normalized spacial score (nSPS) is 10.8. The van der Waals surface area contributed by atoms with Crippen molar-refractivity contribution in [2.75, 3.05) is 25.2 Å². The summed E-state index contributed by atoms with van der Waals surface area (Å²) in [6.45, 7) is 1.81. The first-order chi connectivity index (χ1) is 11.5. The summed E-state index contributed by atoms with van der Waals surface area (Å²) in [5, 5.41) is 2.83.